The predicted molar refractivity (Wildman–Crippen MR) is 85.9 cm³/mol. The molecular formula is C16H22ClFN2O. The lowest BCUT2D eigenvalue weighted by atomic mass is 9.96. The van der Waals surface area contributed by atoms with E-state index in [9.17, 15) is 9.18 Å². The van der Waals surface area contributed by atoms with Crippen molar-refractivity contribution < 1.29 is 9.18 Å². The van der Waals surface area contributed by atoms with Gasteiger partial charge in [-0.15, -0.1) is 12.4 Å². The van der Waals surface area contributed by atoms with E-state index in [4.69, 9.17) is 0 Å². The summed E-state index contributed by atoms with van der Waals surface area (Å²) in [4.78, 5) is 11.6. The minimum Gasteiger partial charge on any atom is -0.353 e. The first kappa shape index (κ1) is 17.7. The average molecular weight is 313 g/mol. The van der Waals surface area contributed by atoms with Gasteiger partial charge < -0.3 is 10.6 Å². The average Bonchev–Trinajstić information content (AvgIpc) is 2.46. The largest absolute Gasteiger partial charge is 0.353 e. The van der Waals surface area contributed by atoms with Gasteiger partial charge in [0.25, 0.3) is 0 Å². The van der Waals surface area contributed by atoms with Crippen LogP contribution in [-0.4, -0.2) is 25.5 Å². The van der Waals surface area contributed by atoms with Gasteiger partial charge in [-0.05, 0) is 62.0 Å². The third-order valence-electron chi connectivity index (χ3n) is 3.53. The quantitative estimate of drug-likeness (QED) is 0.821. The molecule has 2 N–H and O–H groups in total. The van der Waals surface area contributed by atoms with Crippen molar-refractivity contribution in [3.8, 4) is 0 Å². The molecule has 1 aromatic rings. The Kier molecular flexibility index (Phi) is 8.01. The zero-order valence-corrected chi connectivity index (χ0v) is 12.8. The summed E-state index contributed by atoms with van der Waals surface area (Å²) in [5, 5.41) is 6.23. The van der Waals surface area contributed by atoms with E-state index in [0.717, 1.165) is 19.5 Å². The van der Waals surface area contributed by atoms with Gasteiger partial charge in [-0.3, -0.25) is 4.79 Å². The summed E-state index contributed by atoms with van der Waals surface area (Å²) in [6.07, 6.45) is 6.54. The Bertz CT molecular complexity index is 473. The van der Waals surface area contributed by atoms with Crippen LogP contribution < -0.4 is 10.6 Å². The molecule has 1 heterocycles. The molecule has 3 nitrogen and oxygen atoms in total. The van der Waals surface area contributed by atoms with E-state index in [1.807, 2.05) is 0 Å². The highest BCUT2D eigenvalue weighted by atomic mass is 35.5. The van der Waals surface area contributed by atoms with Crippen molar-refractivity contribution in [2.24, 2.45) is 5.92 Å². The monoisotopic (exact) mass is 312 g/mol. The molecule has 1 fully saturated rings. The summed E-state index contributed by atoms with van der Waals surface area (Å²) >= 11 is 0. The van der Waals surface area contributed by atoms with E-state index in [-0.39, 0.29) is 24.1 Å². The SMILES string of the molecule is Cl.O=C(/C=C/c1cccc(F)c1)NCCC1CCCNC1. The van der Waals surface area contributed by atoms with Crippen molar-refractivity contribution in [3.05, 3.63) is 41.7 Å². The number of carbonyl (C=O) groups is 1. The Morgan fingerprint density at radius 2 is 2.33 bits per heavy atom. The number of nitrogens with one attached hydrogen (secondary N) is 2. The molecule has 1 aromatic carbocycles. The first-order valence-corrected chi connectivity index (χ1v) is 7.16. The van der Waals surface area contributed by atoms with Gasteiger partial charge in [0.1, 0.15) is 5.82 Å². The first-order chi connectivity index (χ1) is 9.74. The number of benzene rings is 1. The van der Waals surface area contributed by atoms with Crippen LogP contribution in [0.4, 0.5) is 4.39 Å². The van der Waals surface area contributed by atoms with E-state index in [0.29, 0.717) is 18.0 Å². The van der Waals surface area contributed by atoms with Crippen LogP contribution in [0, 0.1) is 11.7 Å². The van der Waals surface area contributed by atoms with Gasteiger partial charge >= 0.3 is 0 Å². The molecule has 5 heteroatoms. The van der Waals surface area contributed by atoms with E-state index >= 15 is 0 Å². The Balaban J connectivity index is 0.00000220. The van der Waals surface area contributed by atoms with Gasteiger partial charge in [0.2, 0.25) is 5.91 Å². The number of amides is 1. The molecule has 0 saturated carbocycles. The zero-order valence-electron chi connectivity index (χ0n) is 12.0. The number of hydrogen-bond acceptors (Lipinski definition) is 2. The van der Waals surface area contributed by atoms with Crippen LogP contribution in [0.1, 0.15) is 24.8 Å². The van der Waals surface area contributed by atoms with Gasteiger partial charge in [-0.25, -0.2) is 4.39 Å². The molecule has 21 heavy (non-hydrogen) atoms. The highest BCUT2D eigenvalue weighted by molar-refractivity contribution is 5.91. The summed E-state index contributed by atoms with van der Waals surface area (Å²) in [5.74, 6) is 0.242. The molecule has 116 valence electrons. The molecule has 1 saturated heterocycles. The molecule has 0 aromatic heterocycles. The van der Waals surface area contributed by atoms with Crippen LogP contribution in [0.5, 0.6) is 0 Å². The molecule has 0 spiro atoms. The van der Waals surface area contributed by atoms with E-state index in [2.05, 4.69) is 10.6 Å². The van der Waals surface area contributed by atoms with Gasteiger partial charge in [0.15, 0.2) is 0 Å². The fraction of sp³-hybridized carbons (Fsp3) is 0.438. The smallest absolute Gasteiger partial charge is 0.243 e. The number of carbonyl (C=O) groups excluding carboxylic acids is 1. The molecule has 0 bridgehead atoms. The summed E-state index contributed by atoms with van der Waals surface area (Å²) < 4.78 is 13.0. The topological polar surface area (TPSA) is 41.1 Å². The van der Waals surface area contributed by atoms with E-state index < -0.39 is 0 Å². The number of halogens is 2. The molecule has 1 amide bonds. The summed E-state index contributed by atoms with van der Waals surface area (Å²) in [6, 6.07) is 6.18. The van der Waals surface area contributed by atoms with Crippen molar-refractivity contribution >= 4 is 24.4 Å². The Labute approximate surface area is 131 Å². The Morgan fingerprint density at radius 1 is 1.48 bits per heavy atom. The third-order valence-corrected chi connectivity index (χ3v) is 3.53. The second-order valence-corrected chi connectivity index (χ2v) is 5.18. The van der Waals surface area contributed by atoms with Crippen LogP contribution in [0.3, 0.4) is 0 Å². The Morgan fingerprint density at radius 3 is 3.05 bits per heavy atom. The van der Waals surface area contributed by atoms with Gasteiger partial charge in [-0.1, -0.05) is 12.1 Å². The minimum atomic E-state index is -0.294. The van der Waals surface area contributed by atoms with Crippen LogP contribution in [-0.2, 0) is 4.79 Å². The maximum Gasteiger partial charge on any atom is 0.243 e. The first-order valence-electron chi connectivity index (χ1n) is 7.16. The van der Waals surface area contributed by atoms with Crippen molar-refractivity contribution in [1.82, 2.24) is 10.6 Å². The maximum absolute atomic E-state index is 13.0. The summed E-state index contributed by atoms with van der Waals surface area (Å²) in [6.45, 7) is 2.85. The normalized spacial score (nSPS) is 18.2. The van der Waals surface area contributed by atoms with Crippen LogP contribution in [0.25, 0.3) is 6.08 Å². The van der Waals surface area contributed by atoms with E-state index in [1.54, 1.807) is 18.2 Å². The van der Waals surface area contributed by atoms with E-state index in [1.165, 1.54) is 31.1 Å². The van der Waals surface area contributed by atoms with Crippen LogP contribution in [0.15, 0.2) is 30.3 Å². The van der Waals surface area contributed by atoms with Gasteiger partial charge in [0, 0.05) is 12.6 Å². The number of hydrogen-bond donors (Lipinski definition) is 2. The lowest BCUT2D eigenvalue weighted by Gasteiger charge is -2.22. The molecule has 2 rings (SSSR count). The highest BCUT2D eigenvalue weighted by Crippen LogP contribution is 2.12. The third kappa shape index (κ3) is 6.74. The lowest BCUT2D eigenvalue weighted by molar-refractivity contribution is -0.116. The molecule has 0 radical (unpaired) electrons. The molecule has 1 aliphatic rings. The van der Waals surface area contributed by atoms with Crippen molar-refractivity contribution in [3.63, 3.8) is 0 Å². The minimum absolute atomic E-state index is 0. The van der Waals surface area contributed by atoms with Gasteiger partial charge in [-0.2, -0.15) is 0 Å². The van der Waals surface area contributed by atoms with Crippen molar-refractivity contribution in [2.75, 3.05) is 19.6 Å². The Hall–Kier alpha value is -1.39. The fourth-order valence-electron chi connectivity index (χ4n) is 2.41. The van der Waals surface area contributed by atoms with Crippen LogP contribution >= 0.6 is 12.4 Å². The number of piperidine rings is 1. The summed E-state index contributed by atoms with van der Waals surface area (Å²) in [7, 11) is 0. The molecule has 1 atom stereocenters. The lowest BCUT2D eigenvalue weighted by Crippen LogP contribution is -2.32. The molecule has 0 aliphatic carbocycles. The molecule has 1 aliphatic heterocycles. The molecular weight excluding hydrogens is 291 g/mol. The summed E-state index contributed by atoms with van der Waals surface area (Å²) in [5.41, 5.74) is 0.691. The predicted octanol–water partition coefficient (Wildman–Crippen LogP) is 2.77. The van der Waals surface area contributed by atoms with Gasteiger partial charge in [0.05, 0.1) is 0 Å². The highest BCUT2D eigenvalue weighted by Gasteiger charge is 2.12. The maximum atomic E-state index is 13.0. The van der Waals surface area contributed by atoms with Crippen molar-refractivity contribution in [1.29, 1.82) is 0 Å². The second-order valence-electron chi connectivity index (χ2n) is 5.18. The van der Waals surface area contributed by atoms with Crippen molar-refractivity contribution in [2.45, 2.75) is 19.3 Å². The van der Waals surface area contributed by atoms with Crippen LogP contribution in [0.2, 0.25) is 0 Å². The standard InChI is InChI=1S/C16H21FN2O.ClH/c17-15-5-1-3-13(11-15)6-7-16(20)19-10-8-14-4-2-9-18-12-14;/h1,3,5-7,11,14,18H,2,4,8-10,12H2,(H,19,20);1H/b7-6+;. The molecule has 1 unspecified atom stereocenters. The fourth-order valence-corrected chi connectivity index (χ4v) is 2.41. The number of rotatable bonds is 5. The zero-order chi connectivity index (χ0) is 14.2. The second kappa shape index (κ2) is 9.53.